The maximum atomic E-state index is 11.7. The number of carbonyl (C=O) groups excluding carboxylic acids is 2. The number of amides is 1. The SMILES string of the molecule is CC(=O)CN1CCc2c(sc(NC(C)=O)c2-c2nc3ccccc3s2)C1. The van der Waals surface area contributed by atoms with Crippen LogP contribution in [0, 0.1) is 0 Å². The number of para-hydroxylation sites is 1. The third kappa shape index (κ3) is 3.30. The van der Waals surface area contributed by atoms with Gasteiger partial charge in [0.2, 0.25) is 5.91 Å². The summed E-state index contributed by atoms with van der Waals surface area (Å²) in [5.74, 6) is 0.102. The molecule has 3 aromatic rings. The zero-order valence-corrected chi connectivity index (χ0v) is 16.3. The Bertz CT molecular complexity index is 973. The number of benzene rings is 1. The molecule has 1 aliphatic heterocycles. The number of aromatic nitrogens is 1. The van der Waals surface area contributed by atoms with E-state index in [9.17, 15) is 9.59 Å². The van der Waals surface area contributed by atoms with Crippen molar-refractivity contribution in [2.24, 2.45) is 0 Å². The van der Waals surface area contributed by atoms with Gasteiger partial charge in [-0.2, -0.15) is 0 Å². The molecule has 0 radical (unpaired) electrons. The molecule has 0 saturated heterocycles. The van der Waals surface area contributed by atoms with E-state index in [4.69, 9.17) is 4.98 Å². The van der Waals surface area contributed by atoms with Gasteiger partial charge in [0.05, 0.1) is 16.8 Å². The third-order valence-electron chi connectivity index (χ3n) is 4.38. The molecule has 26 heavy (non-hydrogen) atoms. The number of hydrogen-bond acceptors (Lipinski definition) is 6. The Morgan fingerprint density at radius 2 is 2.04 bits per heavy atom. The molecule has 1 aromatic carbocycles. The molecular weight excluding hydrogens is 366 g/mol. The number of Topliss-reactive ketones (excluding diaryl/α,β-unsaturated/α-hetero) is 1. The van der Waals surface area contributed by atoms with Crippen LogP contribution in [0.2, 0.25) is 0 Å². The van der Waals surface area contributed by atoms with Gasteiger partial charge >= 0.3 is 0 Å². The monoisotopic (exact) mass is 385 g/mol. The molecule has 1 aliphatic rings. The minimum Gasteiger partial charge on any atom is -0.317 e. The van der Waals surface area contributed by atoms with Crippen LogP contribution in [0.25, 0.3) is 20.8 Å². The first-order chi connectivity index (χ1) is 12.5. The summed E-state index contributed by atoms with van der Waals surface area (Å²) in [5, 5.41) is 4.81. The molecule has 7 heteroatoms. The summed E-state index contributed by atoms with van der Waals surface area (Å²) in [6, 6.07) is 8.09. The van der Waals surface area contributed by atoms with Crippen LogP contribution in [-0.4, -0.2) is 34.7 Å². The molecule has 5 nitrogen and oxygen atoms in total. The first-order valence-electron chi connectivity index (χ1n) is 8.51. The number of anilines is 1. The van der Waals surface area contributed by atoms with Crippen LogP contribution in [0.3, 0.4) is 0 Å². The highest BCUT2D eigenvalue weighted by Crippen LogP contribution is 2.45. The second-order valence-electron chi connectivity index (χ2n) is 6.54. The molecule has 1 N–H and O–H groups in total. The molecule has 0 spiro atoms. The first-order valence-corrected chi connectivity index (χ1v) is 10.1. The summed E-state index contributed by atoms with van der Waals surface area (Å²) < 4.78 is 1.14. The molecule has 134 valence electrons. The summed E-state index contributed by atoms with van der Waals surface area (Å²) in [7, 11) is 0. The molecule has 0 unspecified atom stereocenters. The number of fused-ring (bicyclic) bond motifs is 2. The minimum atomic E-state index is -0.0773. The van der Waals surface area contributed by atoms with Crippen molar-refractivity contribution < 1.29 is 9.59 Å². The zero-order chi connectivity index (χ0) is 18.3. The van der Waals surface area contributed by atoms with Gasteiger partial charge in [-0.15, -0.1) is 22.7 Å². The fraction of sp³-hybridized carbons (Fsp3) is 0.316. The van der Waals surface area contributed by atoms with Crippen molar-refractivity contribution in [1.82, 2.24) is 9.88 Å². The molecular formula is C19H19N3O2S2. The number of hydrogen-bond donors (Lipinski definition) is 1. The zero-order valence-electron chi connectivity index (χ0n) is 14.7. The predicted molar refractivity (Wildman–Crippen MR) is 107 cm³/mol. The normalized spacial score (nSPS) is 14.4. The quantitative estimate of drug-likeness (QED) is 0.739. The Morgan fingerprint density at radius 3 is 2.77 bits per heavy atom. The summed E-state index contributed by atoms with van der Waals surface area (Å²) >= 11 is 3.26. The topological polar surface area (TPSA) is 62.3 Å². The second-order valence-corrected chi connectivity index (χ2v) is 8.67. The lowest BCUT2D eigenvalue weighted by Gasteiger charge is -2.25. The van der Waals surface area contributed by atoms with Crippen LogP contribution in [0.15, 0.2) is 24.3 Å². The fourth-order valence-electron chi connectivity index (χ4n) is 3.36. The van der Waals surface area contributed by atoms with E-state index < -0.39 is 0 Å². The van der Waals surface area contributed by atoms with Gasteiger partial charge in [0.25, 0.3) is 0 Å². The van der Waals surface area contributed by atoms with Gasteiger partial charge < -0.3 is 5.32 Å². The van der Waals surface area contributed by atoms with E-state index in [2.05, 4.69) is 16.3 Å². The number of rotatable bonds is 4. The Hall–Kier alpha value is -2.09. The van der Waals surface area contributed by atoms with E-state index in [0.29, 0.717) is 6.54 Å². The molecule has 1 amide bonds. The molecule has 3 heterocycles. The summed E-state index contributed by atoms with van der Waals surface area (Å²) in [5.41, 5.74) is 3.30. The fourth-order valence-corrected chi connectivity index (χ4v) is 5.81. The average molecular weight is 386 g/mol. The van der Waals surface area contributed by atoms with Crippen molar-refractivity contribution in [3.8, 4) is 10.6 Å². The standard InChI is InChI=1S/C19H19N3O2S2/c1-11(23)9-22-8-7-13-16(10-22)26-18(20-12(2)24)17(13)19-21-14-5-3-4-6-15(14)25-19/h3-6H,7-10H2,1-2H3,(H,20,24). The summed E-state index contributed by atoms with van der Waals surface area (Å²) in [4.78, 5) is 31.4. The molecule has 4 rings (SSSR count). The number of thiophene rings is 1. The van der Waals surface area contributed by atoms with Gasteiger partial charge in [0.15, 0.2) is 0 Å². The van der Waals surface area contributed by atoms with E-state index in [0.717, 1.165) is 45.3 Å². The van der Waals surface area contributed by atoms with E-state index in [1.165, 1.54) is 17.4 Å². The summed E-state index contributed by atoms with van der Waals surface area (Å²) in [6.07, 6.45) is 0.865. The first kappa shape index (κ1) is 17.3. The highest BCUT2D eigenvalue weighted by molar-refractivity contribution is 7.22. The molecule has 0 fully saturated rings. The number of thiazole rings is 1. The maximum absolute atomic E-state index is 11.7. The number of ketones is 1. The minimum absolute atomic E-state index is 0.0773. The van der Waals surface area contributed by atoms with Gasteiger partial charge in [-0.05, 0) is 31.0 Å². The van der Waals surface area contributed by atoms with Gasteiger partial charge in [-0.3, -0.25) is 14.5 Å². The van der Waals surface area contributed by atoms with Crippen molar-refractivity contribution in [1.29, 1.82) is 0 Å². The van der Waals surface area contributed by atoms with Crippen LogP contribution >= 0.6 is 22.7 Å². The van der Waals surface area contributed by atoms with Crippen LogP contribution in [0.1, 0.15) is 24.3 Å². The Balaban J connectivity index is 1.79. The van der Waals surface area contributed by atoms with Gasteiger partial charge in [-0.25, -0.2) is 4.98 Å². The molecule has 0 saturated carbocycles. The second kappa shape index (κ2) is 6.90. The van der Waals surface area contributed by atoms with E-state index >= 15 is 0 Å². The Morgan fingerprint density at radius 1 is 1.23 bits per heavy atom. The summed E-state index contributed by atoms with van der Waals surface area (Å²) in [6.45, 7) is 5.23. The van der Waals surface area contributed by atoms with Crippen LogP contribution in [-0.2, 0) is 22.6 Å². The Kier molecular flexibility index (Phi) is 4.60. The maximum Gasteiger partial charge on any atom is 0.221 e. The van der Waals surface area contributed by atoms with Crippen LogP contribution in [0.4, 0.5) is 5.00 Å². The largest absolute Gasteiger partial charge is 0.317 e. The number of nitrogens with zero attached hydrogens (tertiary/aromatic N) is 2. The van der Waals surface area contributed by atoms with Gasteiger partial charge in [0.1, 0.15) is 15.8 Å². The van der Waals surface area contributed by atoms with E-state index in [1.54, 1.807) is 29.6 Å². The van der Waals surface area contributed by atoms with E-state index in [-0.39, 0.29) is 11.7 Å². The lowest BCUT2D eigenvalue weighted by atomic mass is 10.0. The Labute approximate surface area is 159 Å². The average Bonchev–Trinajstić information content (AvgIpc) is 3.13. The molecule has 0 bridgehead atoms. The van der Waals surface area contributed by atoms with Crippen molar-refractivity contribution >= 4 is 49.6 Å². The molecule has 2 aromatic heterocycles. The van der Waals surface area contributed by atoms with Crippen molar-refractivity contribution in [2.45, 2.75) is 26.8 Å². The van der Waals surface area contributed by atoms with Crippen LogP contribution < -0.4 is 5.32 Å². The lowest BCUT2D eigenvalue weighted by molar-refractivity contribution is -0.118. The van der Waals surface area contributed by atoms with Crippen molar-refractivity contribution in [3.63, 3.8) is 0 Å². The number of carbonyl (C=O) groups is 2. The highest BCUT2D eigenvalue weighted by atomic mass is 32.1. The van der Waals surface area contributed by atoms with Gasteiger partial charge in [0, 0.05) is 30.5 Å². The third-order valence-corrected chi connectivity index (χ3v) is 6.57. The van der Waals surface area contributed by atoms with Crippen LogP contribution in [0.5, 0.6) is 0 Å². The molecule has 0 atom stereocenters. The highest BCUT2D eigenvalue weighted by Gasteiger charge is 2.27. The smallest absolute Gasteiger partial charge is 0.221 e. The van der Waals surface area contributed by atoms with Crippen molar-refractivity contribution in [3.05, 3.63) is 34.7 Å². The van der Waals surface area contributed by atoms with E-state index in [1.807, 2.05) is 18.2 Å². The van der Waals surface area contributed by atoms with Gasteiger partial charge in [-0.1, -0.05) is 12.1 Å². The lowest BCUT2D eigenvalue weighted by Crippen LogP contribution is -2.33. The number of nitrogens with one attached hydrogen (secondary N) is 1. The molecule has 0 aliphatic carbocycles. The van der Waals surface area contributed by atoms with Crippen molar-refractivity contribution in [2.75, 3.05) is 18.4 Å². The predicted octanol–water partition coefficient (Wildman–Crippen LogP) is 3.93.